The van der Waals surface area contributed by atoms with Crippen molar-refractivity contribution in [2.24, 2.45) is 0 Å². The zero-order chi connectivity index (χ0) is 21.8. The number of nitrogen functional groups attached to an aromatic ring is 1. The molecule has 0 bridgehead atoms. The Morgan fingerprint density at radius 2 is 1.61 bits per heavy atom. The molecule has 1 heterocycles. The number of hydrogen-bond donors (Lipinski definition) is 2. The molecule has 0 spiro atoms. The van der Waals surface area contributed by atoms with Gasteiger partial charge in [0.1, 0.15) is 5.69 Å². The minimum Gasteiger partial charge on any atom is -0.397 e. The summed E-state index contributed by atoms with van der Waals surface area (Å²) in [4.78, 5) is 23.9. The van der Waals surface area contributed by atoms with Crippen LogP contribution in [0.15, 0.2) is 79.0 Å². The topological polar surface area (TPSA) is 103 Å². The van der Waals surface area contributed by atoms with Crippen molar-refractivity contribution < 1.29 is 9.59 Å². The van der Waals surface area contributed by atoms with E-state index >= 15 is 0 Å². The normalized spacial score (nSPS) is 10.6. The number of aromatic nitrogens is 3. The molecule has 0 aliphatic carbocycles. The van der Waals surface area contributed by atoms with E-state index in [2.05, 4.69) is 15.6 Å². The number of anilines is 2. The number of carbonyl (C=O) groups excluding carboxylic acids is 2. The molecular formula is C24H21N5O2. The van der Waals surface area contributed by atoms with Gasteiger partial charge in [0.05, 0.1) is 24.1 Å². The lowest BCUT2D eigenvalue weighted by atomic mass is 10.1. The largest absolute Gasteiger partial charge is 0.397 e. The minimum atomic E-state index is -0.221. The van der Waals surface area contributed by atoms with Gasteiger partial charge in [0.2, 0.25) is 0 Å². The Morgan fingerprint density at radius 1 is 0.935 bits per heavy atom. The first kappa shape index (κ1) is 20.0. The number of ketones is 1. The van der Waals surface area contributed by atoms with Crippen molar-refractivity contribution in [1.82, 2.24) is 15.0 Å². The summed E-state index contributed by atoms with van der Waals surface area (Å²) in [5.74, 6) is -0.193. The second-order valence-electron chi connectivity index (χ2n) is 7.17. The van der Waals surface area contributed by atoms with Crippen LogP contribution in [0.3, 0.4) is 0 Å². The number of Topliss-reactive ketones (excluding diaryl/α,β-unsaturated/α-hetero) is 1. The zero-order valence-electron chi connectivity index (χ0n) is 16.9. The molecule has 1 aromatic heterocycles. The Hall–Kier alpha value is -4.26. The van der Waals surface area contributed by atoms with Gasteiger partial charge >= 0.3 is 0 Å². The van der Waals surface area contributed by atoms with Crippen molar-refractivity contribution in [2.75, 3.05) is 11.1 Å². The van der Waals surface area contributed by atoms with Gasteiger partial charge in [0, 0.05) is 16.7 Å². The molecule has 31 heavy (non-hydrogen) atoms. The van der Waals surface area contributed by atoms with E-state index < -0.39 is 0 Å². The number of rotatable bonds is 6. The van der Waals surface area contributed by atoms with Gasteiger partial charge in [-0.3, -0.25) is 9.59 Å². The summed E-state index contributed by atoms with van der Waals surface area (Å²) in [7, 11) is 0. The highest BCUT2D eigenvalue weighted by Crippen LogP contribution is 2.19. The van der Waals surface area contributed by atoms with Crippen LogP contribution < -0.4 is 11.1 Å². The summed E-state index contributed by atoms with van der Waals surface area (Å²) in [5.41, 5.74) is 10.8. The lowest BCUT2D eigenvalue weighted by Crippen LogP contribution is -2.13. The van der Waals surface area contributed by atoms with E-state index in [1.807, 2.05) is 42.6 Å². The van der Waals surface area contributed by atoms with Crippen LogP contribution in [-0.2, 0) is 6.54 Å². The predicted molar refractivity (Wildman–Crippen MR) is 120 cm³/mol. The molecule has 0 saturated heterocycles. The molecule has 0 unspecified atom stereocenters. The maximum atomic E-state index is 12.4. The van der Waals surface area contributed by atoms with Crippen LogP contribution in [0.25, 0.3) is 11.3 Å². The van der Waals surface area contributed by atoms with Gasteiger partial charge in [-0.05, 0) is 36.8 Å². The zero-order valence-corrected chi connectivity index (χ0v) is 16.9. The van der Waals surface area contributed by atoms with E-state index in [4.69, 9.17) is 5.73 Å². The molecule has 3 aromatic carbocycles. The van der Waals surface area contributed by atoms with Crippen LogP contribution in [0.1, 0.15) is 33.2 Å². The molecule has 0 aliphatic rings. The third kappa shape index (κ3) is 4.67. The van der Waals surface area contributed by atoms with Crippen molar-refractivity contribution in [3.05, 3.63) is 95.7 Å². The molecular weight excluding hydrogens is 390 g/mol. The Kier molecular flexibility index (Phi) is 5.57. The fourth-order valence-corrected chi connectivity index (χ4v) is 3.14. The molecule has 154 valence electrons. The minimum absolute atomic E-state index is 0.0274. The van der Waals surface area contributed by atoms with Crippen LogP contribution in [0.5, 0.6) is 0 Å². The Labute approximate surface area is 179 Å². The number of carbonyl (C=O) groups is 2. The van der Waals surface area contributed by atoms with Crippen molar-refractivity contribution in [3.63, 3.8) is 0 Å². The van der Waals surface area contributed by atoms with Gasteiger partial charge in [-0.1, -0.05) is 53.7 Å². The quantitative estimate of drug-likeness (QED) is 0.368. The molecule has 7 heteroatoms. The summed E-state index contributed by atoms with van der Waals surface area (Å²) in [6.45, 7) is 2.06. The first-order valence-corrected chi connectivity index (χ1v) is 9.76. The average Bonchev–Trinajstić information content (AvgIpc) is 3.24. The first-order valence-electron chi connectivity index (χ1n) is 9.76. The van der Waals surface area contributed by atoms with Gasteiger partial charge in [-0.15, -0.1) is 5.10 Å². The summed E-state index contributed by atoms with van der Waals surface area (Å²) in [6, 6.07) is 21.7. The van der Waals surface area contributed by atoms with E-state index in [-0.39, 0.29) is 11.7 Å². The molecule has 7 nitrogen and oxygen atoms in total. The number of nitrogens with zero attached hydrogens (tertiary/aromatic N) is 3. The lowest BCUT2D eigenvalue weighted by Gasteiger charge is -2.08. The van der Waals surface area contributed by atoms with Crippen molar-refractivity contribution >= 4 is 23.1 Å². The van der Waals surface area contributed by atoms with Gasteiger partial charge in [-0.25, -0.2) is 4.68 Å². The second kappa shape index (κ2) is 8.62. The van der Waals surface area contributed by atoms with Gasteiger partial charge in [0.25, 0.3) is 5.91 Å². The number of para-hydroxylation sites is 2. The maximum absolute atomic E-state index is 12.4. The fraction of sp³-hybridized carbons (Fsp3) is 0.0833. The third-order valence-corrected chi connectivity index (χ3v) is 4.90. The summed E-state index contributed by atoms with van der Waals surface area (Å²) in [5, 5.41) is 11.2. The number of hydrogen-bond acceptors (Lipinski definition) is 5. The fourth-order valence-electron chi connectivity index (χ4n) is 3.14. The Morgan fingerprint density at radius 3 is 2.29 bits per heavy atom. The molecule has 4 rings (SSSR count). The second-order valence-corrected chi connectivity index (χ2v) is 7.17. The summed E-state index contributed by atoms with van der Waals surface area (Å²) in [6.07, 6.45) is 1.85. The maximum Gasteiger partial charge on any atom is 0.255 e. The lowest BCUT2D eigenvalue weighted by molar-refractivity contribution is 0.101. The first-order chi connectivity index (χ1) is 15.0. The van der Waals surface area contributed by atoms with E-state index in [1.54, 1.807) is 41.1 Å². The van der Waals surface area contributed by atoms with Crippen LogP contribution in [0.4, 0.5) is 11.4 Å². The van der Waals surface area contributed by atoms with Crippen LogP contribution in [0.2, 0.25) is 0 Å². The molecule has 0 aliphatic heterocycles. The molecule has 4 aromatic rings. The highest BCUT2D eigenvalue weighted by atomic mass is 16.1. The standard InChI is InChI=1S/C24H21N5O2/c1-16(30)18-10-12-19(13-11-18)23-15-29(28-27-23)14-17-6-8-20(9-7-17)24(31)26-22-5-3-2-4-21(22)25/h2-13,15H,14,25H2,1H3,(H,26,31). The van der Waals surface area contributed by atoms with Crippen molar-refractivity contribution in [2.45, 2.75) is 13.5 Å². The molecule has 1 amide bonds. The summed E-state index contributed by atoms with van der Waals surface area (Å²) >= 11 is 0. The van der Waals surface area contributed by atoms with E-state index in [0.29, 0.717) is 29.0 Å². The van der Waals surface area contributed by atoms with Crippen molar-refractivity contribution in [3.8, 4) is 11.3 Å². The molecule has 0 fully saturated rings. The molecule has 0 atom stereocenters. The SMILES string of the molecule is CC(=O)c1ccc(-c2cn(Cc3ccc(C(=O)Nc4ccccc4N)cc3)nn2)cc1. The predicted octanol–water partition coefficient (Wildman–Crippen LogP) is 4.03. The van der Waals surface area contributed by atoms with Gasteiger partial charge in [-0.2, -0.15) is 0 Å². The number of benzene rings is 3. The Balaban J connectivity index is 1.42. The number of nitrogens with one attached hydrogen (secondary N) is 1. The number of nitrogens with two attached hydrogens (primary N) is 1. The van der Waals surface area contributed by atoms with Crippen LogP contribution in [-0.4, -0.2) is 26.7 Å². The van der Waals surface area contributed by atoms with Crippen LogP contribution in [0, 0.1) is 0 Å². The third-order valence-electron chi connectivity index (χ3n) is 4.90. The average molecular weight is 411 g/mol. The molecule has 0 radical (unpaired) electrons. The highest BCUT2D eigenvalue weighted by molar-refractivity contribution is 6.05. The van der Waals surface area contributed by atoms with Crippen LogP contribution >= 0.6 is 0 Å². The molecule has 3 N–H and O–H groups in total. The summed E-state index contributed by atoms with van der Waals surface area (Å²) < 4.78 is 1.73. The smallest absolute Gasteiger partial charge is 0.255 e. The van der Waals surface area contributed by atoms with E-state index in [9.17, 15) is 9.59 Å². The van der Waals surface area contributed by atoms with Gasteiger partial charge in [0.15, 0.2) is 5.78 Å². The van der Waals surface area contributed by atoms with Crippen molar-refractivity contribution in [1.29, 1.82) is 0 Å². The molecule has 0 saturated carbocycles. The monoisotopic (exact) mass is 411 g/mol. The van der Waals surface area contributed by atoms with E-state index in [0.717, 1.165) is 16.8 Å². The number of amides is 1. The highest BCUT2D eigenvalue weighted by Gasteiger charge is 2.09. The Bertz CT molecular complexity index is 1230. The van der Waals surface area contributed by atoms with E-state index in [1.165, 1.54) is 6.92 Å². The van der Waals surface area contributed by atoms with Gasteiger partial charge < -0.3 is 11.1 Å².